The van der Waals surface area contributed by atoms with E-state index in [9.17, 15) is 9.59 Å². The van der Waals surface area contributed by atoms with E-state index >= 15 is 0 Å². The minimum Gasteiger partial charge on any atom is -0.352 e. The van der Waals surface area contributed by atoms with Crippen LogP contribution in [0.2, 0.25) is 0 Å². The first-order chi connectivity index (χ1) is 13.5. The lowest BCUT2D eigenvalue weighted by Crippen LogP contribution is -2.52. The number of hydrogen-bond donors (Lipinski definition) is 2. The highest BCUT2D eigenvalue weighted by Gasteiger charge is 2.25. The molecule has 2 N–H and O–H groups in total. The highest BCUT2D eigenvalue weighted by molar-refractivity contribution is 5.92. The number of rotatable bonds is 6. The van der Waals surface area contributed by atoms with Crippen molar-refractivity contribution in [2.45, 2.75) is 45.6 Å². The molecule has 2 fully saturated rings. The number of anilines is 1. The molecule has 6 heteroatoms. The Morgan fingerprint density at radius 1 is 0.929 bits per heavy atom. The Balaban J connectivity index is 1.35. The molecule has 1 aromatic rings. The lowest BCUT2D eigenvalue weighted by Gasteiger charge is -2.35. The van der Waals surface area contributed by atoms with E-state index in [0.717, 1.165) is 38.3 Å². The van der Waals surface area contributed by atoms with Crippen molar-refractivity contribution in [3.63, 3.8) is 0 Å². The summed E-state index contributed by atoms with van der Waals surface area (Å²) in [6.45, 7) is 8.41. The molecule has 2 amide bonds. The summed E-state index contributed by atoms with van der Waals surface area (Å²) in [6, 6.07) is 8.18. The van der Waals surface area contributed by atoms with Crippen molar-refractivity contribution in [1.29, 1.82) is 0 Å². The molecule has 1 aromatic carbocycles. The third kappa shape index (κ3) is 6.31. The number of nitrogens with zero attached hydrogens (tertiary/aromatic N) is 2. The van der Waals surface area contributed by atoms with E-state index in [-0.39, 0.29) is 11.8 Å². The summed E-state index contributed by atoms with van der Waals surface area (Å²) >= 11 is 0. The van der Waals surface area contributed by atoms with Gasteiger partial charge in [-0.05, 0) is 37.8 Å². The van der Waals surface area contributed by atoms with Gasteiger partial charge in [-0.3, -0.25) is 19.4 Å². The van der Waals surface area contributed by atoms with Crippen molar-refractivity contribution in [2.75, 3.05) is 44.6 Å². The van der Waals surface area contributed by atoms with Crippen LogP contribution in [0.25, 0.3) is 0 Å². The maximum Gasteiger partial charge on any atom is 0.238 e. The molecule has 3 rings (SSSR count). The van der Waals surface area contributed by atoms with E-state index in [1.165, 1.54) is 24.8 Å². The van der Waals surface area contributed by atoms with Crippen LogP contribution in [0, 0.1) is 12.8 Å². The summed E-state index contributed by atoms with van der Waals surface area (Å²) < 4.78 is 0. The Labute approximate surface area is 168 Å². The molecule has 28 heavy (non-hydrogen) atoms. The number of piperazine rings is 1. The predicted molar refractivity (Wildman–Crippen MR) is 112 cm³/mol. The molecule has 0 spiro atoms. The monoisotopic (exact) mass is 386 g/mol. The third-order valence-electron chi connectivity index (χ3n) is 5.99. The Morgan fingerprint density at radius 3 is 2.11 bits per heavy atom. The van der Waals surface area contributed by atoms with E-state index in [0.29, 0.717) is 25.0 Å². The fourth-order valence-electron chi connectivity index (χ4n) is 4.13. The van der Waals surface area contributed by atoms with Gasteiger partial charge in [0.2, 0.25) is 11.8 Å². The molecule has 2 aliphatic rings. The molecule has 1 saturated carbocycles. The van der Waals surface area contributed by atoms with Gasteiger partial charge in [0.15, 0.2) is 0 Å². The minimum atomic E-state index is 0.0151. The second kappa shape index (κ2) is 10.0. The first kappa shape index (κ1) is 20.8. The number of carbonyl (C=O) groups is 2. The number of aryl methyl sites for hydroxylation is 1. The van der Waals surface area contributed by atoms with Crippen molar-refractivity contribution >= 4 is 17.5 Å². The highest BCUT2D eigenvalue weighted by atomic mass is 16.2. The Morgan fingerprint density at radius 2 is 1.50 bits per heavy atom. The molecule has 6 nitrogen and oxygen atoms in total. The first-order valence-corrected chi connectivity index (χ1v) is 10.6. The highest BCUT2D eigenvalue weighted by Crippen LogP contribution is 2.23. The molecule has 1 heterocycles. The standard InChI is InChI=1S/C22H34N4O2/c1-17-7-9-19(10-8-17)23-21(27)15-25-11-13-26(14-12-25)16-22(28)24-20-6-4-3-5-18(20)2/h7-10,18,20H,3-6,11-16H2,1-2H3,(H,23,27)(H,24,28)/t18-,20+/m0/s1. The van der Waals surface area contributed by atoms with Crippen LogP contribution in [0.15, 0.2) is 24.3 Å². The second-order valence-electron chi connectivity index (χ2n) is 8.40. The molecule has 0 unspecified atom stereocenters. The average Bonchev–Trinajstić information content (AvgIpc) is 2.67. The van der Waals surface area contributed by atoms with Crippen LogP contribution in [0.3, 0.4) is 0 Å². The van der Waals surface area contributed by atoms with E-state index in [1.54, 1.807) is 0 Å². The molecule has 0 aromatic heterocycles. The molecule has 1 aliphatic heterocycles. The summed E-state index contributed by atoms with van der Waals surface area (Å²) in [5, 5.41) is 6.18. The zero-order valence-corrected chi connectivity index (χ0v) is 17.2. The van der Waals surface area contributed by atoms with Crippen molar-refractivity contribution < 1.29 is 9.59 Å². The van der Waals surface area contributed by atoms with Crippen LogP contribution in [0.1, 0.15) is 38.2 Å². The number of benzene rings is 1. The quantitative estimate of drug-likeness (QED) is 0.787. The summed E-state index contributed by atoms with van der Waals surface area (Å²) in [6.07, 6.45) is 4.83. The van der Waals surface area contributed by atoms with E-state index < -0.39 is 0 Å². The van der Waals surface area contributed by atoms with Gasteiger partial charge >= 0.3 is 0 Å². The molecule has 0 radical (unpaired) electrons. The Hall–Kier alpha value is -1.92. The topological polar surface area (TPSA) is 64.7 Å². The summed E-state index contributed by atoms with van der Waals surface area (Å²) in [7, 11) is 0. The van der Waals surface area contributed by atoms with Gasteiger partial charge in [-0.1, -0.05) is 37.5 Å². The molecule has 2 atom stereocenters. The Kier molecular flexibility index (Phi) is 7.45. The number of amides is 2. The van der Waals surface area contributed by atoms with Crippen LogP contribution in [-0.2, 0) is 9.59 Å². The molecule has 1 aliphatic carbocycles. The smallest absolute Gasteiger partial charge is 0.238 e. The number of carbonyl (C=O) groups excluding carboxylic acids is 2. The zero-order valence-electron chi connectivity index (χ0n) is 17.2. The lowest BCUT2D eigenvalue weighted by molar-refractivity contribution is -0.124. The maximum atomic E-state index is 12.4. The SMILES string of the molecule is Cc1ccc(NC(=O)CN2CCN(CC(=O)N[C@@H]3CCCC[C@@H]3C)CC2)cc1. The van der Waals surface area contributed by atoms with Crippen LogP contribution in [0.4, 0.5) is 5.69 Å². The van der Waals surface area contributed by atoms with E-state index in [4.69, 9.17) is 0 Å². The maximum absolute atomic E-state index is 12.4. The van der Waals surface area contributed by atoms with Gasteiger partial charge in [-0.25, -0.2) is 0 Å². The predicted octanol–water partition coefficient (Wildman–Crippen LogP) is 2.25. The van der Waals surface area contributed by atoms with Crippen LogP contribution in [-0.4, -0.2) is 66.9 Å². The molecule has 0 bridgehead atoms. The summed E-state index contributed by atoms with van der Waals surface area (Å²) in [5.41, 5.74) is 2.01. The van der Waals surface area contributed by atoms with Gasteiger partial charge in [0.05, 0.1) is 13.1 Å². The van der Waals surface area contributed by atoms with Gasteiger partial charge in [0, 0.05) is 37.9 Å². The second-order valence-corrected chi connectivity index (χ2v) is 8.40. The fraction of sp³-hybridized carbons (Fsp3) is 0.636. The zero-order chi connectivity index (χ0) is 19.9. The van der Waals surface area contributed by atoms with Crippen LogP contribution in [0.5, 0.6) is 0 Å². The van der Waals surface area contributed by atoms with E-state index in [2.05, 4.69) is 27.4 Å². The van der Waals surface area contributed by atoms with Gasteiger partial charge in [0.25, 0.3) is 0 Å². The van der Waals surface area contributed by atoms with Gasteiger partial charge in [-0.2, -0.15) is 0 Å². The lowest BCUT2D eigenvalue weighted by atomic mass is 9.86. The summed E-state index contributed by atoms with van der Waals surface area (Å²) in [5.74, 6) is 0.743. The van der Waals surface area contributed by atoms with Crippen molar-refractivity contribution in [3.05, 3.63) is 29.8 Å². The molecule has 154 valence electrons. The molecular weight excluding hydrogens is 352 g/mol. The van der Waals surface area contributed by atoms with Crippen molar-refractivity contribution in [1.82, 2.24) is 15.1 Å². The number of nitrogens with one attached hydrogen (secondary N) is 2. The van der Waals surface area contributed by atoms with E-state index in [1.807, 2.05) is 31.2 Å². The average molecular weight is 387 g/mol. The number of hydrogen-bond acceptors (Lipinski definition) is 4. The van der Waals surface area contributed by atoms with Gasteiger partial charge in [-0.15, -0.1) is 0 Å². The molecular formula is C22H34N4O2. The van der Waals surface area contributed by atoms with Crippen molar-refractivity contribution in [3.8, 4) is 0 Å². The van der Waals surface area contributed by atoms with Crippen molar-refractivity contribution in [2.24, 2.45) is 5.92 Å². The summed E-state index contributed by atoms with van der Waals surface area (Å²) in [4.78, 5) is 29.0. The normalized spacial score (nSPS) is 23.9. The Bertz CT molecular complexity index is 653. The first-order valence-electron chi connectivity index (χ1n) is 10.6. The fourth-order valence-corrected chi connectivity index (χ4v) is 4.13. The van der Waals surface area contributed by atoms with Crippen LogP contribution < -0.4 is 10.6 Å². The largest absolute Gasteiger partial charge is 0.352 e. The molecule has 1 saturated heterocycles. The minimum absolute atomic E-state index is 0.0151. The van der Waals surface area contributed by atoms with Gasteiger partial charge < -0.3 is 10.6 Å². The van der Waals surface area contributed by atoms with Crippen LogP contribution >= 0.6 is 0 Å². The van der Waals surface area contributed by atoms with Gasteiger partial charge in [0.1, 0.15) is 0 Å². The third-order valence-corrected chi connectivity index (χ3v) is 5.99.